The number of hydrogen-bond acceptors (Lipinski definition) is 3. The van der Waals surface area contributed by atoms with Gasteiger partial charge in [0.05, 0.1) is 5.52 Å². The largest absolute Gasteiger partial charge is 0.382 e. The number of nitrogens with two attached hydrogens (primary N) is 1. The summed E-state index contributed by atoms with van der Waals surface area (Å²) in [6, 6.07) is 5.45. The van der Waals surface area contributed by atoms with Crippen molar-refractivity contribution in [2.24, 2.45) is 5.73 Å². The second kappa shape index (κ2) is 2.82. The summed E-state index contributed by atoms with van der Waals surface area (Å²) in [5.74, 6) is -0.0291. The van der Waals surface area contributed by atoms with Crippen LogP contribution in [-0.4, -0.2) is 15.8 Å². The molecule has 3 N–H and O–H groups in total. The molecule has 2 rings (SSSR count). The number of amidine groups is 1. The average molecular weight is 172 g/mol. The van der Waals surface area contributed by atoms with E-state index in [9.17, 15) is 0 Å². The predicted molar refractivity (Wildman–Crippen MR) is 50.6 cm³/mol. The SMILES string of the molecule is N=C(N)c1nccc2ncccc12. The number of nitrogens with one attached hydrogen (secondary N) is 1. The summed E-state index contributed by atoms with van der Waals surface area (Å²) in [7, 11) is 0. The smallest absolute Gasteiger partial charge is 0.142 e. The third-order valence-corrected chi connectivity index (χ3v) is 1.78. The molecule has 0 aromatic carbocycles. The number of nitrogens with zero attached hydrogens (tertiary/aromatic N) is 2. The zero-order valence-electron chi connectivity index (χ0n) is 6.86. The lowest BCUT2D eigenvalue weighted by Gasteiger charge is -2.01. The molecule has 0 aliphatic carbocycles. The number of fused-ring (bicyclic) bond motifs is 1. The highest BCUT2D eigenvalue weighted by Gasteiger charge is 2.03. The first-order valence-corrected chi connectivity index (χ1v) is 3.83. The quantitative estimate of drug-likeness (QED) is 0.496. The van der Waals surface area contributed by atoms with Crippen molar-refractivity contribution in [2.45, 2.75) is 0 Å². The number of aromatic nitrogens is 2. The van der Waals surface area contributed by atoms with Gasteiger partial charge in [0.15, 0.2) is 0 Å². The summed E-state index contributed by atoms with van der Waals surface area (Å²) in [5.41, 5.74) is 6.67. The van der Waals surface area contributed by atoms with Gasteiger partial charge in [-0.2, -0.15) is 0 Å². The van der Waals surface area contributed by atoms with Crippen molar-refractivity contribution in [1.29, 1.82) is 5.41 Å². The van der Waals surface area contributed by atoms with Crippen LogP contribution in [0.15, 0.2) is 30.6 Å². The summed E-state index contributed by atoms with van der Waals surface area (Å²) >= 11 is 0. The molecule has 0 spiro atoms. The molecule has 0 unspecified atom stereocenters. The standard InChI is InChI=1S/C9H8N4/c10-9(11)8-6-2-1-4-12-7(6)3-5-13-8/h1-5H,(H3,10,11). The number of rotatable bonds is 1. The van der Waals surface area contributed by atoms with E-state index >= 15 is 0 Å². The van der Waals surface area contributed by atoms with E-state index in [2.05, 4.69) is 9.97 Å². The molecular formula is C9H8N4. The maximum absolute atomic E-state index is 7.30. The lowest BCUT2D eigenvalue weighted by atomic mass is 10.2. The zero-order valence-corrected chi connectivity index (χ0v) is 6.86. The third kappa shape index (κ3) is 1.22. The van der Waals surface area contributed by atoms with Crippen molar-refractivity contribution in [3.05, 3.63) is 36.3 Å². The second-order valence-corrected chi connectivity index (χ2v) is 2.64. The Hall–Kier alpha value is -1.97. The van der Waals surface area contributed by atoms with Crippen LogP contribution in [0, 0.1) is 5.41 Å². The van der Waals surface area contributed by atoms with Crippen LogP contribution in [0.25, 0.3) is 10.9 Å². The maximum atomic E-state index is 7.30. The lowest BCUT2D eigenvalue weighted by molar-refractivity contribution is 1.27. The summed E-state index contributed by atoms with van der Waals surface area (Å²) in [6.07, 6.45) is 3.30. The van der Waals surface area contributed by atoms with E-state index in [0.29, 0.717) is 5.69 Å². The molecular weight excluding hydrogens is 164 g/mol. The topological polar surface area (TPSA) is 75.7 Å². The minimum atomic E-state index is -0.0291. The van der Waals surface area contributed by atoms with Crippen LogP contribution in [0.4, 0.5) is 0 Å². The monoisotopic (exact) mass is 172 g/mol. The Balaban J connectivity index is 2.83. The molecule has 2 aromatic heterocycles. The van der Waals surface area contributed by atoms with Gasteiger partial charge in [-0.1, -0.05) is 0 Å². The summed E-state index contributed by atoms with van der Waals surface area (Å²) in [5, 5.41) is 8.12. The minimum absolute atomic E-state index is 0.0291. The highest BCUT2D eigenvalue weighted by molar-refractivity contribution is 6.04. The van der Waals surface area contributed by atoms with E-state index in [1.54, 1.807) is 24.5 Å². The van der Waals surface area contributed by atoms with E-state index in [0.717, 1.165) is 10.9 Å². The molecule has 0 saturated heterocycles. The fraction of sp³-hybridized carbons (Fsp3) is 0. The van der Waals surface area contributed by atoms with Gasteiger partial charge in [0.2, 0.25) is 0 Å². The minimum Gasteiger partial charge on any atom is -0.382 e. The van der Waals surface area contributed by atoms with Crippen LogP contribution in [-0.2, 0) is 0 Å². The highest BCUT2D eigenvalue weighted by atomic mass is 14.8. The van der Waals surface area contributed by atoms with Crippen molar-refractivity contribution in [2.75, 3.05) is 0 Å². The summed E-state index contributed by atoms with van der Waals surface area (Å²) < 4.78 is 0. The average Bonchev–Trinajstić information content (AvgIpc) is 2.17. The number of nitrogen functional groups attached to an aromatic ring is 1. The molecule has 0 radical (unpaired) electrons. The molecule has 0 bridgehead atoms. The van der Waals surface area contributed by atoms with Gasteiger partial charge in [-0.05, 0) is 18.2 Å². The molecule has 4 nitrogen and oxygen atoms in total. The van der Waals surface area contributed by atoms with Crippen LogP contribution >= 0.6 is 0 Å². The van der Waals surface area contributed by atoms with Gasteiger partial charge >= 0.3 is 0 Å². The van der Waals surface area contributed by atoms with Crippen LogP contribution in [0.5, 0.6) is 0 Å². The maximum Gasteiger partial charge on any atom is 0.142 e. The van der Waals surface area contributed by atoms with E-state index < -0.39 is 0 Å². The Bertz CT molecular complexity index is 459. The van der Waals surface area contributed by atoms with Crippen molar-refractivity contribution in [1.82, 2.24) is 9.97 Å². The number of hydrogen-bond donors (Lipinski definition) is 2. The molecule has 4 heteroatoms. The summed E-state index contributed by atoms with van der Waals surface area (Å²) in [6.45, 7) is 0. The summed E-state index contributed by atoms with van der Waals surface area (Å²) in [4.78, 5) is 8.15. The van der Waals surface area contributed by atoms with Crippen molar-refractivity contribution in [3.8, 4) is 0 Å². The fourth-order valence-electron chi connectivity index (χ4n) is 1.22. The van der Waals surface area contributed by atoms with Gasteiger partial charge in [-0.15, -0.1) is 0 Å². The van der Waals surface area contributed by atoms with Gasteiger partial charge in [0.25, 0.3) is 0 Å². The van der Waals surface area contributed by atoms with Crippen LogP contribution in [0.3, 0.4) is 0 Å². The van der Waals surface area contributed by atoms with Crippen molar-refractivity contribution < 1.29 is 0 Å². The lowest BCUT2D eigenvalue weighted by Crippen LogP contribution is -2.13. The molecule has 0 atom stereocenters. The first kappa shape index (κ1) is 7.67. The molecule has 13 heavy (non-hydrogen) atoms. The zero-order chi connectivity index (χ0) is 9.26. The highest BCUT2D eigenvalue weighted by Crippen LogP contribution is 2.12. The normalized spacial score (nSPS) is 10.2. The van der Waals surface area contributed by atoms with Gasteiger partial charge in [-0.3, -0.25) is 15.4 Å². The molecule has 0 aliphatic rings. The van der Waals surface area contributed by atoms with E-state index in [1.165, 1.54) is 0 Å². The molecule has 2 aromatic rings. The Morgan fingerprint density at radius 3 is 2.85 bits per heavy atom. The first-order chi connectivity index (χ1) is 6.29. The van der Waals surface area contributed by atoms with Gasteiger partial charge < -0.3 is 5.73 Å². The number of pyridine rings is 2. The van der Waals surface area contributed by atoms with E-state index in [1.807, 2.05) is 6.07 Å². The molecule has 0 saturated carbocycles. The van der Waals surface area contributed by atoms with E-state index in [-0.39, 0.29) is 5.84 Å². The Morgan fingerprint density at radius 1 is 1.23 bits per heavy atom. The first-order valence-electron chi connectivity index (χ1n) is 3.83. The van der Waals surface area contributed by atoms with Crippen LogP contribution in [0.1, 0.15) is 5.69 Å². The second-order valence-electron chi connectivity index (χ2n) is 2.64. The molecule has 0 amide bonds. The Labute approximate surface area is 74.9 Å². The van der Waals surface area contributed by atoms with Gasteiger partial charge in [0.1, 0.15) is 11.5 Å². The Kier molecular flexibility index (Phi) is 1.66. The predicted octanol–water partition coefficient (Wildman–Crippen LogP) is 0.914. The third-order valence-electron chi connectivity index (χ3n) is 1.78. The van der Waals surface area contributed by atoms with Crippen LogP contribution < -0.4 is 5.73 Å². The van der Waals surface area contributed by atoms with Gasteiger partial charge in [-0.25, -0.2) is 0 Å². The van der Waals surface area contributed by atoms with Crippen LogP contribution in [0.2, 0.25) is 0 Å². The van der Waals surface area contributed by atoms with Crippen molar-refractivity contribution in [3.63, 3.8) is 0 Å². The Morgan fingerprint density at radius 2 is 2.08 bits per heavy atom. The molecule has 2 heterocycles. The van der Waals surface area contributed by atoms with Crippen molar-refractivity contribution >= 4 is 16.7 Å². The molecule has 64 valence electrons. The molecule has 0 fully saturated rings. The fourth-order valence-corrected chi connectivity index (χ4v) is 1.22. The molecule has 0 aliphatic heterocycles. The van der Waals surface area contributed by atoms with E-state index in [4.69, 9.17) is 11.1 Å². The van der Waals surface area contributed by atoms with Gasteiger partial charge in [0, 0.05) is 17.8 Å².